The minimum atomic E-state index is -3.76. The SMILES string of the molecule is Cc1c(Cl)cccc1S(=O)(=O)Nc1ncc(CCN2CCOCC2=O)s1. The summed E-state index contributed by atoms with van der Waals surface area (Å²) in [6, 6.07) is 4.74. The predicted molar refractivity (Wildman–Crippen MR) is 100 cm³/mol. The molecular weight excluding hydrogens is 398 g/mol. The van der Waals surface area contributed by atoms with Gasteiger partial charge in [-0.1, -0.05) is 17.7 Å². The molecule has 0 atom stereocenters. The number of morpholine rings is 1. The number of sulfonamides is 1. The zero-order valence-electron chi connectivity index (χ0n) is 14.1. The molecule has 0 spiro atoms. The molecule has 0 radical (unpaired) electrons. The number of halogens is 1. The van der Waals surface area contributed by atoms with Gasteiger partial charge in [0.05, 0.1) is 11.5 Å². The Morgan fingerprint density at radius 1 is 1.42 bits per heavy atom. The van der Waals surface area contributed by atoms with E-state index in [1.807, 2.05) is 0 Å². The van der Waals surface area contributed by atoms with Crippen LogP contribution in [0.1, 0.15) is 10.4 Å². The summed E-state index contributed by atoms with van der Waals surface area (Å²) in [4.78, 5) is 18.6. The molecule has 1 aliphatic rings. The second-order valence-electron chi connectivity index (χ2n) is 5.78. The number of aromatic nitrogens is 1. The minimum absolute atomic E-state index is 0.0295. The van der Waals surface area contributed by atoms with Crippen molar-refractivity contribution in [1.29, 1.82) is 0 Å². The molecule has 1 saturated heterocycles. The number of nitrogens with one attached hydrogen (secondary N) is 1. The van der Waals surface area contributed by atoms with Crippen LogP contribution in [0.2, 0.25) is 5.02 Å². The van der Waals surface area contributed by atoms with Crippen LogP contribution in [0, 0.1) is 6.92 Å². The Kier molecular flexibility index (Phi) is 5.81. The smallest absolute Gasteiger partial charge is 0.263 e. The summed E-state index contributed by atoms with van der Waals surface area (Å²) in [7, 11) is -3.76. The van der Waals surface area contributed by atoms with E-state index in [0.717, 1.165) is 4.88 Å². The summed E-state index contributed by atoms with van der Waals surface area (Å²) in [5, 5.41) is 0.676. The highest BCUT2D eigenvalue weighted by Crippen LogP contribution is 2.26. The van der Waals surface area contributed by atoms with Crippen LogP contribution < -0.4 is 4.72 Å². The first-order valence-electron chi connectivity index (χ1n) is 7.95. The van der Waals surface area contributed by atoms with Gasteiger partial charge in [0.25, 0.3) is 10.0 Å². The monoisotopic (exact) mass is 415 g/mol. The van der Waals surface area contributed by atoms with Crippen molar-refractivity contribution in [3.05, 3.63) is 39.9 Å². The molecule has 10 heteroatoms. The Bertz CT molecular complexity index is 914. The summed E-state index contributed by atoms with van der Waals surface area (Å²) in [6.07, 6.45) is 2.24. The van der Waals surface area contributed by atoms with Crippen LogP contribution in [0.15, 0.2) is 29.3 Å². The molecular formula is C16H18ClN3O4S2. The van der Waals surface area contributed by atoms with Crippen molar-refractivity contribution in [2.24, 2.45) is 0 Å². The fourth-order valence-electron chi connectivity index (χ4n) is 2.55. The van der Waals surface area contributed by atoms with E-state index < -0.39 is 10.0 Å². The van der Waals surface area contributed by atoms with Crippen molar-refractivity contribution in [1.82, 2.24) is 9.88 Å². The second-order valence-corrected chi connectivity index (χ2v) is 8.96. The average Bonchev–Trinajstić information content (AvgIpc) is 3.03. The van der Waals surface area contributed by atoms with Crippen molar-refractivity contribution in [2.45, 2.75) is 18.2 Å². The number of thiazole rings is 1. The second kappa shape index (κ2) is 7.91. The zero-order chi connectivity index (χ0) is 18.7. The third kappa shape index (κ3) is 4.35. The summed E-state index contributed by atoms with van der Waals surface area (Å²) >= 11 is 7.26. The fraction of sp³-hybridized carbons (Fsp3) is 0.375. The lowest BCUT2D eigenvalue weighted by atomic mass is 10.2. The Hall–Kier alpha value is -1.68. The maximum atomic E-state index is 12.6. The average molecular weight is 416 g/mol. The zero-order valence-corrected chi connectivity index (χ0v) is 16.5. The van der Waals surface area contributed by atoms with Gasteiger partial charge in [0.2, 0.25) is 5.91 Å². The maximum Gasteiger partial charge on any atom is 0.263 e. The van der Waals surface area contributed by atoms with E-state index in [2.05, 4.69) is 9.71 Å². The van der Waals surface area contributed by atoms with Gasteiger partial charge in [-0.25, -0.2) is 13.4 Å². The van der Waals surface area contributed by atoms with Crippen molar-refractivity contribution in [3.8, 4) is 0 Å². The van der Waals surface area contributed by atoms with Crippen molar-refractivity contribution in [3.63, 3.8) is 0 Å². The van der Waals surface area contributed by atoms with E-state index in [4.69, 9.17) is 16.3 Å². The molecule has 1 fully saturated rings. The van der Waals surface area contributed by atoms with E-state index in [0.29, 0.717) is 36.7 Å². The molecule has 0 unspecified atom stereocenters. The number of anilines is 1. The van der Waals surface area contributed by atoms with Crippen LogP contribution in [0.5, 0.6) is 0 Å². The maximum absolute atomic E-state index is 12.6. The summed E-state index contributed by atoms with van der Waals surface area (Å²) < 4.78 is 32.7. The normalized spacial score (nSPS) is 15.3. The number of hydrogen-bond donors (Lipinski definition) is 1. The number of ether oxygens (including phenoxy) is 1. The van der Waals surface area contributed by atoms with Crippen LogP contribution in [0.3, 0.4) is 0 Å². The molecule has 1 aromatic heterocycles. The topological polar surface area (TPSA) is 88.6 Å². The minimum Gasteiger partial charge on any atom is -0.370 e. The molecule has 3 rings (SSSR count). The Morgan fingerprint density at radius 3 is 3.00 bits per heavy atom. The Labute approximate surface area is 161 Å². The van der Waals surface area contributed by atoms with Crippen LogP contribution in [0.4, 0.5) is 5.13 Å². The molecule has 2 aromatic rings. The highest BCUT2D eigenvalue weighted by Gasteiger charge is 2.21. The van der Waals surface area contributed by atoms with E-state index in [1.54, 1.807) is 30.2 Å². The standard InChI is InChI=1S/C16H18ClN3O4S2/c1-11-13(17)3-2-4-14(11)26(22,23)19-16-18-9-12(25-16)5-6-20-7-8-24-10-15(20)21/h2-4,9H,5-8,10H2,1H3,(H,18,19). The van der Waals surface area contributed by atoms with E-state index >= 15 is 0 Å². The van der Waals surface area contributed by atoms with Gasteiger partial charge < -0.3 is 9.64 Å². The lowest BCUT2D eigenvalue weighted by Crippen LogP contribution is -2.42. The van der Waals surface area contributed by atoms with Gasteiger partial charge in [0.15, 0.2) is 5.13 Å². The first kappa shape index (κ1) is 19.1. The van der Waals surface area contributed by atoms with Gasteiger partial charge in [-0.2, -0.15) is 0 Å². The molecule has 0 aliphatic carbocycles. The van der Waals surface area contributed by atoms with Gasteiger partial charge in [-0.3, -0.25) is 9.52 Å². The number of carbonyl (C=O) groups excluding carboxylic acids is 1. The molecule has 1 aliphatic heterocycles. The van der Waals surface area contributed by atoms with E-state index in [9.17, 15) is 13.2 Å². The molecule has 2 heterocycles. The quantitative estimate of drug-likeness (QED) is 0.782. The number of nitrogens with zero attached hydrogens (tertiary/aromatic N) is 2. The van der Waals surface area contributed by atoms with Crippen LogP contribution in [-0.4, -0.2) is 50.5 Å². The summed E-state index contributed by atoms with van der Waals surface area (Å²) in [6.45, 7) is 3.45. The number of rotatable bonds is 6. The molecule has 0 bridgehead atoms. The first-order chi connectivity index (χ1) is 12.4. The molecule has 1 aromatic carbocycles. The molecule has 26 heavy (non-hydrogen) atoms. The number of carbonyl (C=O) groups is 1. The largest absolute Gasteiger partial charge is 0.370 e. The van der Waals surface area contributed by atoms with E-state index in [1.165, 1.54) is 17.4 Å². The van der Waals surface area contributed by atoms with E-state index in [-0.39, 0.29) is 22.5 Å². The lowest BCUT2D eigenvalue weighted by Gasteiger charge is -2.26. The van der Waals surface area contributed by atoms with Crippen LogP contribution in [-0.2, 0) is 26.0 Å². The highest BCUT2D eigenvalue weighted by atomic mass is 35.5. The number of benzene rings is 1. The molecule has 1 amide bonds. The van der Waals surface area contributed by atoms with Gasteiger partial charge >= 0.3 is 0 Å². The third-order valence-corrected chi connectivity index (χ3v) is 6.99. The summed E-state index contributed by atoms with van der Waals surface area (Å²) in [5.74, 6) is -0.0295. The molecule has 0 saturated carbocycles. The molecule has 140 valence electrons. The van der Waals surface area contributed by atoms with Gasteiger partial charge in [0.1, 0.15) is 6.61 Å². The predicted octanol–water partition coefficient (Wildman–Crippen LogP) is 2.31. The van der Waals surface area contributed by atoms with Crippen molar-refractivity contribution >= 4 is 44.0 Å². The molecule has 1 N–H and O–H groups in total. The highest BCUT2D eigenvalue weighted by molar-refractivity contribution is 7.93. The van der Waals surface area contributed by atoms with Crippen molar-refractivity contribution in [2.75, 3.05) is 31.0 Å². The first-order valence-corrected chi connectivity index (χ1v) is 10.6. The number of amides is 1. The van der Waals surface area contributed by atoms with Crippen LogP contribution in [0.25, 0.3) is 0 Å². The van der Waals surface area contributed by atoms with Gasteiger partial charge in [-0.15, -0.1) is 11.3 Å². The van der Waals surface area contributed by atoms with Crippen LogP contribution >= 0.6 is 22.9 Å². The fourth-order valence-corrected chi connectivity index (χ4v) is 5.09. The van der Waals surface area contributed by atoms with Gasteiger partial charge in [-0.05, 0) is 24.6 Å². The summed E-state index contributed by atoms with van der Waals surface area (Å²) in [5.41, 5.74) is 0.490. The van der Waals surface area contributed by atoms with Gasteiger partial charge in [0, 0.05) is 35.6 Å². The van der Waals surface area contributed by atoms with Crippen molar-refractivity contribution < 1.29 is 17.9 Å². The third-order valence-electron chi connectivity index (χ3n) is 3.99. The number of hydrogen-bond acceptors (Lipinski definition) is 6. The lowest BCUT2D eigenvalue weighted by molar-refractivity contribution is -0.142. The molecule has 7 nitrogen and oxygen atoms in total. The Balaban J connectivity index is 1.66. The Morgan fingerprint density at radius 2 is 2.23 bits per heavy atom.